The second-order valence-corrected chi connectivity index (χ2v) is 8.84. The first-order chi connectivity index (χ1) is 17.0. The van der Waals surface area contributed by atoms with Crippen LogP contribution < -0.4 is 10.9 Å². The van der Waals surface area contributed by atoms with Gasteiger partial charge in [0.2, 0.25) is 0 Å². The zero-order valence-corrected chi connectivity index (χ0v) is 20.2. The summed E-state index contributed by atoms with van der Waals surface area (Å²) in [6.45, 7) is 2.47. The molecule has 0 saturated heterocycles. The van der Waals surface area contributed by atoms with E-state index < -0.39 is 11.5 Å². The first kappa shape index (κ1) is 24.4. The third-order valence-electron chi connectivity index (χ3n) is 6.73. The summed E-state index contributed by atoms with van der Waals surface area (Å²) in [7, 11) is 1.40. The van der Waals surface area contributed by atoms with E-state index in [-0.39, 0.29) is 23.4 Å². The molecule has 2 unspecified atom stereocenters. The van der Waals surface area contributed by atoms with Crippen LogP contribution >= 0.6 is 0 Å². The number of hydrogen-bond acceptors (Lipinski definition) is 5. The highest BCUT2D eigenvalue weighted by molar-refractivity contribution is 6.03. The Balaban J connectivity index is 1.78. The van der Waals surface area contributed by atoms with Gasteiger partial charge >= 0.3 is 5.97 Å². The highest BCUT2D eigenvalue weighted by Crippen LogP contribution is 2.33. The fourth-order valence-electron chi connectivity index (χ4n) is 4.91. The van der Waals surface area contributed by atoms with Crippen LogP contribution in [0.1, 0.15) is 43.0 Å². The lowest BCUT2D eigenvalue weighted by Crippen LogP contribution is -2.40. The summed E-state index contributed by atoms with van der Waals surface area (Å²) in [6, 6.07) is 19.0. The van der Waals surface area contributed by atoms with E-state index in [1.165, 1.54) is 11.8 Å². The van der Waals surface area contributed by atoms with Gasteiger partial charge in [-0.15, -0.1) is 0 Å². The van der Waals surface area contributed by atoms with E-state index in [9.17, 15) is 14.4 Å². The van der Waals surface area contributed by atoms with Crippen LogP contribution in [0.2, 0.25) is 0 Å². The van der Waals surface area contributed by atoms with Gasteiger partial charge in [-0.1, -0.05) is 73.5 Å². The van der Waals surface area contributed by atoms with E-state index in [2.05, 4.69) is 10.4 Å². The maximum atomic E-state index is 13.6. The van der Waals surface area contributed by atoms with Crippen LogP contribution in [0.5, 0.6) is 0 Å². The molecule has 1 aliphatic rings. The van der Waals surface area contributed by atoms with Crippen LogP contribution in [0.4, 0.5) is 0 Å². The van der Waals surface area contributed by atoms with Crippen molar-refractivity contribution >= 4 is 11.9 Å². The Morgan fingerprint density at radius 3 is 2.26 bits per heavy atom. The van der Waals surface area contributed by atoms with Gasteiger partial charge in [0, 0.05) is 24.2 Å². The zero-order chi connectivity index (χ0) is 24.8. The first-order valence-electron chi connectivity index (χ1n) is 12.2. The number of nitrogens with one attached hydrogen (secondary N) is 1. The predicted octanol–water partition coefficient (Wildman–Crippen LogP) is 4.31. The lowest BCUT2D eigenvalue weighted by atomic mass is 9.79. The third kappa shape index (κ3) is 5.19. The maximum absolute atomic E-state index is 13.6. The molecule has 1 amide bonds. The standard InChI is InChI=1S/C28H31N3O4/c1-3-31-27(33)24(26(32)29-18-21-16-10-11-17-22(21)28(34)35-2)23(19-12-6-4-7-13-19)25(30-31)20-14-8-5-9-15-20/h4-9,12-15,21-22H,3,10-11,16-18H2,1-2H3,(H,29,32). The fourth-order valence-corrected chi connectivity index (χ4v) is 4.91. The molecule has 1 aromatic heterocycles. The number of carbonyl (C=O) groups is 2. The summed E-state index contributed by atoms with van der Waals surface area (Å²) in [5.74, 6) is -0.959. The van der Waals surface area contributed by atoms with E-state index >= 15 is 0 Å². The number of carbonyl (C=O) groups excluding carboxylic acids is 2. The highest BCUT2D eigenvalue weighted by atomic mass is 16.5. The Bertz CT molecular complexity index is 1240. The average molecular weight is 474 g/mol. The van der Waals surface area contributed by atoms with Gasteiger partial charge in [-0.3, -0.25) is 14.4 Å². The van der Waals surface area contributed by atoms with Crippen LogP contribution in [0.15, 0.2) is 65.5 Å². The third-order valence-corrected chi connectivity index (χ3v) is 6.73. The molecule has 0 aliphatic heterocycles. The number of methoxy groups -OCH3 is 1. The molecule has 1 N–H and O–H groups in total. The van der Waals surface area contributed by atoms with Crippen molar-refractivity contribution in [3.05, 3.63) is 76.6 Å². The van der Waals surface area contributed by atoms with Gasteiger partial charge < -0.3 is 10.1 Å². The summed E-state index contributed by atoms with van der Waals surface area (Å²) < 4.78 is 6.32. The number of nitrogens with zero attached hydrogens (tertiary/aromatic N) is 2. The van der Waals surface area contributed by atoms with Crippen molar-refractivity contribution in [1.29, 1.82) is 0 Å². The van der Waals surface area contributed by atoms with E-state index in [4.69, 9.17) is 4.74 Å². The molecule has 0 bridgehead atoms. The van der Waals surface area contributed by atoms with Gasteiger partial charge in [0.15, 0.2) is 0 Å². The smallest absolute Gasteiger partial charge is 0.309 e. The lowest BCUT2D eigenvalue weighted by Gasteiger charge is -2.29. The zero-order valence-electron chi connectivity index (χ0n) is 20.2. The molecule has 35 heavy (non-hydrogen) atoms. The molecule has 0 radical (unpaired) electrons. The summed E-state index contributed by atoms with van der Waals surface area (Å²) in [6.07, 6.45) is 3.54. The molecule has 4 rings (SSSR count). The van der Waals surface area contributed by atoms with Gasteiger partial charge in [-0.2, -0.15) is 5.10 Å². The summed E-state index contributed by atoms with van der Waals surface area (Å²) in [4.78, 5) is 39.4. The topological polar surface area (TPSA) is 90.3 Å². The molecule has 2 aromatic carbocycles. The minimum absolute atomic E-state index is 0.0239. The maximum Gasteiger partial charge on any atom is 0.309 e. The molecule has 0 spiro atoms. The van der Waals surface area contributed by atoms with E-state index in [1.54, 1.807) is 0 Å². The molecule has 3 aromatic rings. The minimum atomic E-state index is -0.454. The van der Waals surface area contributed by atoms with Crippen LogP contribution in [-0.2, 0) is 16.1 Å². The van der Waals surface area contributed by atoms with Crippen molar-refractivity contribution < 1.29 is 14.3 Å². The van der Waals surface area contributed by atoms with Gasteiger partial charge in [0.25, 0.3) is 11.5 Å². The molecule has 7 nitrogen and oxygen atoms in total. The molecule has 182 valence electrons. The normalized spacial score (nSPS) is 17.5. The molecular weight excluding hydrogens is 442 g/mol. The Kier molecular flexibility index (Phi) is 7.75. The molecule has 1 heterocycles. The molecule has 7 heteroatoms. The number of aryl methyl sites for hydroxylation is 1. The molecule has 1 aliphatic carbocycles. The van der Waals surface area contributed by atoms with Crippen molar-refractivity contribution in [1.82, 2.24) is 15.1 Å². The van der Waals surface area contributed by atoms with Crippen LogP contribution in [0.25, 0.3) is 22.4 Å². The number of amides is 1. The number of hydrogen-bond donors (Lipinski definition) is 1. The predicted molar refractivity (Wildman–Crippen MR) is 135 cm³/mol. The van der Waals surface area contributed by atoms with Gasteiger partial charge in [-0.05, 0) is 31.2 Å². The van der Waals surface area contributed by atoms with E-state index in [1.807, 2.05) is 67.6 Å². The Hall–Kier alpha value is -3.74. The Labute approximate surface area is 205 Å². The van der Waals surface area contributed by atoms with Crippen molar-refractivity contribution in [2.75, 3.05) is 13.7 Å². The van der Waals surface area contributed by atoms with Crippen molar-refractivity contribution in [2.24, 2.45) is 11.8 Å². The van der Waals surface area contributed by atoms with Gasteiger partial charge in [0.1, 0.15) is 5.56 Å². The monoisotopic (exact) mass is 473 g/mol. The SMILES string of the molecule is CCn1nc(-c2ccccc2)c(-c2ccccc2)c(C(=O)NCC2CCCCC2C(=O)OC)c1=O. The highest BCUT2D eigenvalue weighted by Gasteiger charge is 2.33. The van der Waals surface area contributed by atoms with E-state index in [0.29, 0.717) is 24.3 Å². The average Bonchev–Trinajstić information content (AvgIpc) is 2.92. The van der Waals surface area contributed by atoms with Crippen molar-refractivity contribution in [3.8, 4) is 22.4 Å². The Morgan fingerprint density at radius 1 is 1.00 bits per heavy atom. The second kappa shape index (κ2) is 11.1. The second-order valence-electron chi connectivity index (χ2n) is 8.84. The first-order valence-corrected chi connectivity index (χ1v) is 12.2. The number of rotatable bonds is 7. The largest absolute Gasteiger partial charge is 0.469 e. The van der Waals surface area contributed by atoms with Crippen LogP contribution in [0.3, 0.4) is 0 Å². The summed E-state index contributed by atoms with van der Waals surface area (Å²) in [5, 5.41) is 7.61. The molecule has 1 saturated carbocycles. The number of aromatic nitrogens is 2. The quantitative estimate of drug-likeness (QED) is 0.517. The molecular formula is C28H31N3O4. The number of ether oxygens (including phenoxy) is 1. The van der Waals surface area contributed by atoms with Crippen LogP contribution in [0, 0.1) is 11.8 Å². The number of benzene rings is 2. The van der Waals surface area contributed by atoms with Crippen molar-refractivity contribution in [3.63, 3.8) is 0 Å². The van der Waals surface area contributed by atoms with E-state index in [0.717, 1.165) is 36.8 Å². The van der Waals surface area contributed by atoms with Crippen molar-refractivity contribution in [2.45, 2.75) is 39.2 Å². The summed E-state index contributed by atoms with van der Waals surface area (Å²) in [5.41, 5.74) is 2.29. The Morgan fingerprint density at radius 2 is 1.63 bits per heavy atom. The van der Waals surface area contributed by atoms with Gasteiger partial charge in [-0.25, -0.2) is 4.68 Å². The molecule has 2 atom stereocenters. The summed E-state index contributed by atoms with van der Waals surface area (Å²) >= 11 is 0. The molecule has 1 fully saturated rings. The fraction of sp³-hybridized carbons (Fsp3) is 0.357. The number of esters is 1. The van der Waals surface area contributed by atoms with Gasteiger partial charge in [0.05, 0.1) is 18.7 Å². The lowest BCUT2D eigenvalue weighted by molar-refractivity contribution is -0.148. The van der Waals surface area contributed by atoms with Crippen LogP contribution in [-0.4, -0.2) is 35.3 Å². The minimum Gasteiger partial charge on any atom is -0.469 e.